The standard InChI is InChI=1S/C17H21N3O4/c1-11(2)15(17(23)24)18-16(22)13-8-9-14(21)20(19-13)10-12-6-4-3-5-7-12/h3-7,11,15H,8-10H2,1-2H3,(H,18,22)(H,23,24)/t15-/m0/s1. The Morgan fingerprint density at radius 1 is 1.25 bits per heavy atom. The van der Waals surface area contributed by atoms with Crippen LogP contribution in [0.2, 0.25) is 0 Å². The zero-order valence-corrected chi connectivity index (χ0v) is 13.7. The van der Waals surface area contributed by atoms with E-state index in [0.717, 1.165) is 5.56 Å². The molecule has 0 bridgehead atoms. The number of aliphatic carboxylic acids is 1. The Kier molecular flexibility index (Phi) is 5.68. The van der Waals surface area contributed by atoms with Crippen molar-refractivity contribution in [2.24, 2.45) is 11.0 Å². The van der Waals surface area contributed by atoms with Crippen molar-refractivity contribution in [2.45, 2.75) is 39.3 Å². The van der Waals surface area contributed by atoms with Crippen molar-refractivity contribution in [3.63, 3.8) is 0 Å². The highest BCUT2D eigenvalue weighted by Gasteiger charge is 2.29. The maximum absolute atomic E-state index is 12.3. The molecular weight excluding hydrogens is 310 g/mol. The number of nitrogens with one attached hydrogen (secondary N) is 1. The molecule has 1 atom stereocenters. The number of hydrogen-bond acceptors (Lipinski definition) is 4. The van der Waals surface area contributed by atoms with Crippen molar-refractivity contribution in [1.82, 2.24) is 10.3 Å². The molecule has 0 saturated heterocycles. The quantitative estimate of drug-likeness (QED) is 0.823. The lowest BCUT2D eigenvalue weighted by atomic mass is 10.0. The Morgan fingerprint density at radius 2 is 1.92 bits per heavy atom. The lowest BCUT2D eigenvalue weighted by Gasteiger charge is -2.24. The Bertz CT molecular complexity index is 655. The first-order valence-electron chi connectivity index (χ1n) is 7.84. The van der Waals surface area contributed by atoms with Crippen LogP contribution in [0.15, 0.2) is 35.4 Å². The van der Waals surface area contributed by atoms with Crippen molar-refractivity contribution < 1.29 is 19.5 Å². The van der Waals surface area contributed by atoms with E-state index in [0.29, 0.717) is 0 Å². The van der Waals surface area contributed by atoms with Crippen LogP contribution < -0.4 is 5.32 Å². The number of hydrazone groups is 1. The third kappa shape index (κ3) is 4.41. The Morgan fingerprint density at radius 3 is 2.50 bits per heavy atom. The summed E-state index contributed by atoms with van der Waals surface area (Å²) in [6, 6.07) is 8.36. The van der Waals surface area contributed by atoms with Crippen molar-refractivity contribution in [2.75, 3.05) is 0 Å². The van der Waals surface area contributed by atoms with E-state index in [1.807, 2.05) is 30.3 Å². The van der Waals surface area contributed by atoms with Gasteiger partial charge in [-0.05, 0) is 11.5 Å². The number of amides is 2. The molecule has 1 aromatic rings. The van der Waals surface area contributed by atoms with E-state index >= 15 is 0 Å². The number of carboxylic acids is 1. The minimum Gasteiger partial charge on any atom is -0.480 e. The van der Waals surface area contributed by atoms with Gasteiger partial charge in [-0.3, -0.25) is 9.59 Å². The normalized spacial score (nSPS) is 15.9. The molecule has 2 rings (SSSR count). The fraction of sp³-hybridized carbons (Fsp3) is 0.412. The molecule has 0 fully saturated rings. The van der Waals surface area contributed by atoms with E-state index in [4.69, 9.17) is 5.11 Å². The van der Waals surface area contributed by atoms with Gasteiger partial charge in [-0.15, -0.1) is 0 Å². The minimum absolute atomic E-state index is 0.158. The smallest absolute Gasteiger partial charge is 0.326 e. The topological polar surface area (TPSA) is 99.1 Å². The monoisotopic (exact) mass is 331 g/mol. The van der Waals surface area contributed by atoms with E-state index in [1.165, 1.54) is 5.01 Å². The summed E-state index contributed by atoms with van der Waals surface area (Å²) in [5.74, 6) is -2.04. The molecule has 0 aliphatic carbocycles. The molecule has 0 radical (unpaired) electrons. The molecule has 1 heterocycles. The molecule has 2 N–H and O–H groups in total. The third-order valence-corrected chi connectivity index (χ3v) is 3.76. The summed E-state index contributed by atoms with van der Waals surface area (Å²) in [5.41, 5.74) is 1.08. The minimum atomic E-state index is -1.09. The first-order chi connectivity index (χ1) is 11.4. The fourth-order valence-electron chi connectivity index (χ4n) is 2.38. The number of carbonyl (C=O) groups excluding carboxylic acids is 2. The molecule has 0 saturated carbocycles. The van der Waals surface area contributed by atoms with Crippen molar-refractivity contribution in [1.29, 1.82) is 0 Å². The summed E-state index contributed by atoms with van der Waals surface area (Å²) in [4.78, 5) is 35.5. The highest BCUT2D eigenvalue weighted by Crippen LogP contribution is 2.14. The van der Waals surface area contributed by atoms with Crippen molar-refractivity contribution in [3.05, 3.63) is 35.9 Å². The summed E-state index contributed by atoms with van der Waals surface area (Å²) >= 11 is 0. The average molecular weight is 331 g/mol. The van der Waals surface area contributed by atoms with Gasteiger partial charge in [0.2, 0.25) is 5.91 Å². The summed E-state index contributed by atoms with van der Waals surface area (Å²) in [7, 11) is 0. The molecule has 1 aromatic carbocycles. The predicted molar refractivity (Wildman–Crippen MR) is 88.1 cm³/mol. The summed E-state index contributed by atoms with van der Waals surface area (Å²) < 4.78 is 0. The van der Waals surface area contributed by atoms with Crippen LogP contribution in [0.4, 0.5) is 0 Å². The van der Waals surface area contributed by atoms with Crippen LogP contribution in [-0.4, -0.2) is 39.7 Å². The van der Waals surface area contributed by atoms with Gasteiger partial charge in [0.1, 0.15) is 11.8 Å². The predicted octanol–water partition coefficient (Wildman–Crippen LogP) is 1.39. The van der Waals surface area contributed by atoms with Crippen LogP contribution in [0.1, 0.15) is 32.3 Å². The molecule has 7 nitrogen and oxygen atoms in total. The first kappa shape index (κ1) is 17.7. The second kappa shape index (κ2) is 7.72. The van der Waals surface area contributed by atoms with E-state index in [9.17, 15) is 14.4 Å². The number of benzene rings is 1. The average Bonchev–Trinajstić information content (AvgIpc) is 2.54. The molecular formula is C17H21N3O4. The summed E-state index contributed by atoms with van der Waals surface area (Å²) in [5, 5.41) is 17.0. The maximum atomic E-state index is 12.3. The van der Waals surface area contributed by atoms with Crippen LogP contribution in [-0.2, 0) is 20.9 Å². The van der Waals surface area contributed by atoms with E-state index in [2.05, 4.69) is 10.4 Å². The van der Waals surface area contributed by atoms with Gasteiger partial charge in [-0.1, -0.05) is 44.2 Å². The molecule has 2 amide bonds. The van der Waals surface area contributed by atoms with Gasteiger partial charge in [0, 0.05) is 12.8 Å². The number of hydrogen-bond donors (Lipinski definition) is 2. The highest BCUT2D eigenvalue weighted by molar-refractivity contribution is 6.39. The van der Waals surface area contributed by atoms with Crippen molar-refractivity contribution >= 4 is 23.5 Å². The largest absolute Gasteiger partial charge is 0.480 e. The van der Waals surface area contributed by atoms with Crippen LogP contribution in [0.5, 0.6) is 0 Å². The molecule has 1 aliphatic heterocycles. The maximum Gasteiger partial charge on any atom is 0.326 e. The van der Waals surface area contributed by atoms with Gasteiger partial charge in [0.25, 0.3) is 5.91 Å². The number of rotatable bonds is 6. The lowest BCUT2D eigenvalue weighted by molar-refractivity contribution is -0.142. The molecule has 0 spiro atoms. The third-order valence-electron chi connectivity index (χ3n) is 3.76. The molecule has 128 valence electrons. The van der Waals surface area contributed by atoms with Crippen LogP contribution in [0, 0.1) is 5.92 Å². The first-order valence-corrected chi connectivity index (χ1v) is 7.84. The van der Waals surface area contributed by atoms with Crippen LogP contribution >= 0.6 is 0 Å². The Hall–Kier alpha value is -2.70. The number of nitrogens with zero attached hydrogens (tertiary/aromatic N) is 2. The molecule has 0 unspecified atom stereocenters. The van der Waals surface area contributed by atoms with Crippen molar-refractivity contribution in [3.8, 4) is 0 Å². The molecule has 1 aliphatic rings. The summed E-state index contributed by atoms with van der Waals surface area (Å²) in [6.07, 6.45) is 0.388. The lowest BCUT2D eigenvalue weighted by Crippen LogP contribution is -2.48. The molecule has 7 heteroatoms. The second-order valence-corrected chi connectivity index (χ2v) is 6.02. The van der Waals surface area contributed by atoms with E-state index in [1.54, 1.807) is 13.8 Å². The number of carboxylic acid groups (broad SMARTS) is 1. The highest BCUT2D eigenvalue weighted by atomic mass is 16.4. The fourth-order valence-corrected chi connectivity index (χ4v) is 2.38. The van der Waals surface area contributed by atoms with Gasteiger partial charge >= 0.3 is 5.97 Å². The zero-order valence-electron chi connectivity index (χ0n) is 13.7. The molecule has 0 aromatic heterocycles. The SMILES string of the molecule is CC(C)[C@H](NC(=O)C1=NN(Cc2ccccc2)C(=O)CC1)C(=O)O. The van der Waals surface area contributed by atoms with Gasteiger partial charge in [-0.25, -0.2) is 9.80 Å². The second-order valence-electron chi connectivity index (χ2n) is 6.02. The number of carbonyl (C=O) groups is 3. The zero-order chi connectivity index (χ0) is 17.7. The van der Waals surface area contributed by atoms with Gasteiger partial charge in [-0.2, -0.15) is 5.10 Å². The van der Waals surface area contributed by atoms with E-state index in [-0.39, 0.29) is 36.9 Å². The molecule has 24 heavy (non-hydrogen) atoms. The Balaban J connectivity index is 2.11. The van der Waals surface area contributed by atoms with Gasteiger partial charge in [0.05, 0.1) is 6.54 Å². The summed E-state index contributed by atoms with van der Waals surface area (Å²) in [6.45, 7) is 3.71. The van der Waals surface area contributed by atoms with Crippen LogP contribution in [0.25, 0.3) is 0 Å². The van der Waals surface area contributed by atoms with Gasteiger partial charge < -0.3 is 10.4 Å². The van der Waals surface area contributed by atoms with E-state index < -0.39 is 17.9 Å². The Labute approximate surface area is 140 Å². The van der Waals surface area contributed by atoms with Gasteiger partial charge in [0.15, 0.2) is 0 Å². The van der Waals surface area contributed by atoms with Crippen LogP contribution in [0.3, 0.4) is 0 Å².